The topological polar surface area (TPSA) is 12.0 Å². The fraction of sp³-hybridized carbons (Fsp3) is 0.600. The van der Waals surface area contributed by atoms with Crippen LogP contribution in [0.3, 0.4) is 0 Å². The van der Waals surface area contributed by atoms with Gasteiger partial charge in [-0.2, -0.15) is 0 Å². The van der Waals surface area contributed by atoms with Gasteiger partial charge in [-0.3, -0.25) is 0 Å². The standard InChI is InChI=1S/C15H22BrN/c1-3-11(2)10-17-13-8-12(9-13)14-6-4-5-7-15(14)16/h4-7,11-13,17H,3,8-10H2,1-2H3. The smallest absolute Gasteiger partial charge is 0.0210 e. The lowest BCUT2D eigenvalue weighted by atomic mass is 9.76. The van der Waals surface area contributed by atoms with Crippen molar-refractivity contribution in [1.29, 1.82) is 0 Å². The van der Waals surface area contributed by atoms with Crippen molar-refractivity contribution in [2.24, 2.45) is 5.92 Å². The quantitative estimate of drug-likeness (QED) is 0.852. The van der Waals surface area contributed by atoms with Crippen molar-refractivity contribution in [2.45, 2.75) is 45.1 Å². The van der Waals surface area contributed by atoms with E-state index >= 15 is 0 Å². The SMILES string of the molecule is CCC(C)CNC1CC(c2ccccc2Br)C1. The van der Waals surface area contributed by atoms with Gasteiger partial charge in [0.15, 0.2) is 0 Å². The Balaban J connectivity index is 1.77. The van der Waals surface area contributed by atoms with Crippen molar-refractivity contribution >= 4 is 15.9 Å². The van der Waals surface area contributed by atoms with Gasteiger partial charge in [-0.1, -0.05) is 54.4 Å². The molecule has 1 unspecified atom stereocenters. The molecule has 94 valence electrons. The molecule has 0 spiro atoms. The van der Waals surface area contributed by atoms with Crippen LogP contribution in [-0.4, -0.2) is 12.6 Å². The summed E-state index contributed by atoms with van der Waals surface area (Å²) in [4.78, 5) is 0. The first-order valence-corrected chi connectivity index (χ1v) is 7.47. The van der Waals surface area contributed by atoms with Gasteiger partial charge in [0, 0.05) is 10.5 Å². The Kier molecular flexibility index (Phi) is 4.63. The highest BCUT2D eigenvalue weighted by Gasteiger charge is 2.30. The Labute approximate surface area is 113 Å². The summed E-state index contributed by atoms with van der Waals surface area (Å²) < 4.78 is 1.27. The fourth-order valence-electron chi connectivity index (χ4n) is 2.36. The molecule has 0 heterocycles. The first kappa shape index (κ1) is 13.1. The molecule has 0 bridgehead atoms. The van der Waals surface area contributed by atoms with Crippen LogP contribution >= 0.6 is 15.9 Å². The predicted molar refractivity (Wildman–Crippen MR) is 77.4 cm³/mol. The van der Waals surface area contributed by atoms with Gasteiger partial charge in [0.05, 0.1) is 0 Å². The molecule has 0 aromatic heterocycles. The van der Waals surface area contributed by atoms with E-state index in [-0.39, 0.29) is 0 Å². The van der Waals surface area contributed by atoms with Crippen LogP contribution in [0.4, 0.5) is 0 Å². The van der Waals surface area contributed by atoms with Gasteiger partial charge in [0.2, 0.25) is 0 Å². The second-order valence-corrected chi connectivity index (χ2v) is 6.16. The lowest BCUT2D eigenvalue weighted by Crippen LogP contribution is -2.41. The van der Waals surface area contributed by atoms with Crippen molar-refractivity contribution in [3.63, 3.8) is 0 Å². The molecule has 0 amide bonds. The summed E-state index contributed by atoms with van der Waals surface area (Å²) in [6.07, 6.45) is 3.85. The molecule has 0 aliphatic heterocycles. The Morgan fingerprint density at radius 2 is 2.06 bits per heavy atom. The number of benzene rings is 1. The maximum Gasteiger partial charge on any atom is 0.0210 e. The van der Waals surface area contributed by atoms with Gasteiger partial charge in [-0.05, 0) is 42.9 Å². The van der Waals surface area contributed by atoms with Gasteiger partial charge in [0.1, 0.15) is 0 Å². The molecule has 1 aliphatic carbocycles. The molecule has 1 N–H and O–H groups in total. The molecular weight excluding hydrogens is 274 g/mol. The van der Waals surface area contributed by atoms with Gasteiger partial charge >= 0.3 is 0 Å². The van der Waals surface area contributed by atoms with Gasteiger partial charge in [0.25, 0.3) is 0 Å². The molecule has 1 aliphatic rings. The summed E-state index contributed by atoms with van der Waals surface area (Å²) in [6, 6.07) is 9.36. The van der Waals surface area contributed by atoms with E-state index in [1.807, 2.05) is 0 Å². The normalized spacial score (nSPS) is 25.4. The minimum atomic E-state index is 0.737. The summed E-state index contributed by atoms with van der Waals surface area (Å²) in [5.74, 6) is 1.55. The zero-order valence-corrected chi connectivity index (χ0v) is 12.3. The number of nitrogens with one attached hydrogen (secondary N) is 1. The maximum absolute atomic E-state index is 3.67. The molecular formula is C15H22BrN. The zero-order valence-electron chi connectivity index (χ0n) is 10.7. The highest BCUT2D eigenvalue weighted by molar-refractivity contribution is 9.10. The molecule has 0 saturated heterocycles. The van der Waals surface area contributed by atoms with E-state index in [0.717, 1.165) is 17.9 Å². The van der Waals surface area contributed by atoms with Gasteiger partial charge in [-0.25, -0.2) is 0 Å². The minimum absolute atomic E-state index is 0.737. The van der Waals surface area contributed by atoms with Gasteiger partial charge < -0.3 is 5.32 Å². The van der Waals surface area contributed by atoms with E-state index in [1.165, 1.54) is 35.8 Å². The van der Waals surface area contributed by atoms with Gasteiger partial charge in [-0.15, -0.1) is 0 Å². The Morgan fingerprint density at radius 3 is 2.71 bits per heavy atom. The fourth-order valence-corrected chi connectivity index (χ4v) is 2.97. The maximum atomic E-state index is 3.67. The van der Waals surface area contributed by atoms with Crippen LogP contribution < -0.4 is 5.32 Å². The van der Waals surface area contributed by atoms with Crippen LogP contribution in [0.5, 0.6) is 0 Å². The molecule has 0 radical (unpaired) electrons. The third kappa shape index (κ3) is 3.32. The summed E-state index contributed by atoms with van der Waals surface area (Å²) in [5, 5.41) is 3.67. The van der Waals surface area contributed by atoms with Crippen LogP contribution in [0, 0.1) is 5.92 Å². The van der Waals surface area contributed by atoms with Crippen molar-refractivity contribution in [3.05, 3.63) is 34.3 Å². The number of halogens is 1. The Hall–Kier alpha value is -0.340. The molecule has 1 aromatic rings. The molecule has 1 nitrogen and oxygen atoms in total. The molecule has 1 saturated carbocycles. The Morgan fingerprint density at radius 1 is 1.35 bits per heavy atom. The molecule has 1 fully saturated rings. The van der Waals surface area contributed by atoms with E-state index in [9.17, 15) is 0 Å². The summed E-state index contributed by atoms with van der Waals surface area (Å²) >= 11 is 3.64. The molecule has 2 heteroatoms. The highest BCUT2D eigenvalue weighted by atomic mass is 79.9. The van der Waals surface area contributed by atoms with Crippen molar-refractivity contribution in [3.8, 4) is 0 Å². The van der Waals surface area contributed by atoms with Crippen LogP contribution in [0.25, 0.3) is 0 Å². The molecule has 1 atom stereocenters. The number of hydrogen-bond donors (Lipinski definition) is 1. The first-order chi connectivity index (χ1) is 8.20. The van der Waals surface area contributed by atoms with Crippen molar-refractivity contribution in [2.75, 3.05) is 6.54 Å². The number of hydrogen-bond acceptors (Lipinski definition) is 1. The van der Waals surface area contributed by atoms with E-state index in [1.54, 1.807) is 0 Å². The summed E-state index contributed by atoms with van der Waals surface area (Å²) in [7, 11) is 0. The third-order valence-electron chi connectivity index (χ3n) is 3.94. The minimum Gasteiger partial charge on any atom is -0.314 e. The molecule has 17 heavy (non-hydrogen) atoms. The lowest BCUT2D eigenvalue weighted by molar-refractivity contribution is 0.277. The third-order valence-corrected chi connectivity index (χ3v) is 4.66. The van der Waals surface area contributed by atoms with E-state index in [0.29, 0.717) is 0 Å². The van der Waals surface area contributed by atoms with Crippen molar-refractivity contribution in [1.82, 2.24) is 5.32 Å². The molecule has 1 aromatic carbocycles. The summed E-state index contributed by atoms with van der Waals surface area (Å²) in [5.41, 5.74) is 1.48. The van der Waals surface area contributed by atoms with Crippen LogP contribution in [0.15, 0.2) is 28.7 Å². The predicted octanol–water partition coefficient (Wildman–Crippen LogP) is 4.33. The van der Waals surface area contributed by atoms with Crippen molar-refractivity contribution < 1.29 is 0 Å². The average molecular weight is 296 g/mol. The van der Waals surface area contributed by atoms with Crippen LogP contribution in [0.1, 0.15) is 44.6 Å². The van der Waals surface area contributed by atoms with E-state index < -0.39 is 0 Å². The largest absolute Gasteiger partial charge is 0.314 e. The molecule has 2 rings (SSSR count). The highest BCUT2D eigenvalue weighted by Crippen LogP contribution is 2.39. The zero-order chi connectivity index (χ0) is 12.3. The Bertz CT molecular complexity index is 358. The monoisotopic (exact) mass is 295 g/mol. The first-order valence-electron chi connectivity index (χ1n) is 6.68. The lowest BCUT2D eigenvalue weighted by Gasteiger charge is -2.37. The van der Waals surface area contributed by atoms with Crippen LogP contribution in [0.2, 0.25) is 0 Å². The number of rotatable bonds is 5. The average Bonchev–Trinajstić information content (AvgIpc) is 2.28. The van der Waals surface area contributed by atoms with E-state index in [2.05, 4.69) is 59.4 Å². The summed E-state index contributed by atoms with van der Waals surface area (Å²) in [6.45, 7) is 5.75. The van der Waals surface area contributed by atoms with E-state index in [4.69, 9.17) is 0 Å². The second-order valence-electron chi connectivity index (χ2n) is 5.31. The van der Waals surface area contributed by atoms with Crippen LogP contribution in [-0.2, 0) is 0 Å². The second kappa shape index (κ2) is 6.01.